The number of anilines is 1. The molecule has 1 atom stereocenters. The number of amides is 1. The number of nitro benzene ring substituents is 1. The number of hydrogen-bond donors (Lipinski definition) is 0. The zero-order valence-electron chi connectivity index (χ0n) is 12.9. The molecule has 0 bridgehead atoms. The van der Waals surface area contributed by atoms with E-state index in [1.165, 1.54) is 6.07 Å². The zero-order valence-corrected chi connectivity index (χ0v) is 15.3. The number of hydrogen-bond acceptors (Lipinski definition) is 4. The highest BCUT2D eigenvalue weighted by Gasteiger charge is 2.26. The SMILES string of the molecule is CC1CCN(C(=O)c2ccc(Br)c([N+](=O)[O-])c2)c2ccccc2S1. The third kappa shape index (κ3) is 3.32. The predicted molar refractivity (Wildman–Crippen MR) is 98.9 cm³/mol. The van der Waals surface area contributed by atoms with Crippen molar-refractivity contribution in [1.29, 1.82) is 0 Å². The van der Waals surface area contributed by atoms with Crippen LogP contribution >= 0.6 is 27.7 Å². The largest absolute Gasteiger partial charge is 0.307 e. The van der Waals surface area contributed by atoms with E-state index in [1.807, 2.05) is 24.3 Å². The van der Waals surface area contributed by atoms with Crippen molar-refractivity contribution in [2.75, 3.05) is 11.4 Å². The van der Waals surface area contributed by atoms with E-state index in [0.29, 0.717) is 21.8 Å². The van der Waals surface area contributed by atoms with Crippen LogP contribution in [0.4, 0.5) is 11.4 Å². The molecule has 2 aromatic carbocycles. The van der Waals surface area contributed by atoms with Crippen LogP contribution in [0.25, 0.3) is 0 Å². The minimum absolute atomic E-state index is 0.105. The van der Waals surface area contributed by atoms with Crippen LogP contribution in [-0.4, -0.2) is 22.6 Å². The van der Waals surface area contributed by atoms with E-state index in [4.69, 9.17) is 0 Å². The second kappa shape index (κ2) is 6.94. The van der Waals surface area contributed by atoms with Gasteiger partial charge in [-0.05, 0) is 46.6 Å². The Kier molecular flexibility index (Phi) is 4.91. The lowest BCUT2D eigenvalue weighted by Gasteiger charge is -2.22. The van der Waals surface area contributed by atoms with Gasteiger partial charge in [-0.3, -0.25) is 14.9 Å². The first kappa shape index (κ1) is 17.0. The molecular formula is C17H15BrN2O3S. The second-order valence-corrected chi connectivity index (χ2v) is 7.90. The highest BCUT2D eigenvalue weighted by atomic mass is 79.9. The van der Waals surface area contributed by atoms with Crippen LogP contribution in [0.2, 0.25) is 0 Å². The summed E-state index contributed by atoms with van der Waals surface area (Å²) in [6.07, 6.45) is 0.865. The minimum Gasteiger partial charge on any atom is -0.307 e. The van der Waals surface area contributed by atoms with Crippen LogP contribution in [0, 0.1) is 10.1 Å². The Morgan fingerprint density at radius 1 is 1.33 bits per heavy atom. The Bertz CT molecular complexity index is 812. The third-order valence-electron chi connectivity index (χ3n) is 3.88. The molecule has 1 unspecified atom stereocenters. The van der Waals surface area contributed by atoms with Gasteiger partial charge in [-0.2, -0.15) is 0 Å². The van der Waals surface area contributed by atoms with Crippen molar-refractivity contribution < 1.29 is 9.72 Å². The maximum atomic E-state index is 13.0. The first-order valence-corrected chi connectivity index (χ1v) is 9.16. The van der Waals surface area contributed by atoms with Crippen molar-refractivity contribution in [2.45, 2.75) is 23.5 Å². The molecule has 0 saturated carbocycles. The molecule has 5 nitrogen and oxygen atoms in total. The Morgan fingerprint density at radius 2 is 2.08 bits per heavy atom. The summed E-state index contributed by atoms with van der Waals surface area (Å²) in [5, 5.41) is 11.5. The van der Waals surface area contributed by atoms with Gasteiger partial charge in [0.1, 0.15) is 0 Å². The monoisotopic (exact) mass is 406 g/mol. The second-order valence-electron chi connectivity index (χ2n) is 5.56. The number of halogens is 1. The van der Waals surface area contributed by atoms with E-state index in [0.717, 1.165) is 17.0 Å². The number of fused-ring (bicyclic) bond motifs is 1. The number of nitro groups is 1. The standard InChI is InChI=1S/C17H15BrN2O3S/c1-11-8-9-19(14-4-2-3-5-16(14)24-11)17(21)12-6-7-13(18)15(10-12)20(22)23/h2-7,10-11H,8-9H2,1H3. The maximum absolute atomic E-state index is 13.0. The number of thioether (sulfide) groups is 1. The summed E-state index contributed by atoms with van der Waals surface area (Å²) in [7, 11) is 0. The molecule has 0 aromatic heterocycles. The maximum Gasteiger partial charge on any atom is 0.284 e. The molecule has 0 spiro atoms. The van der Waals surface area contributed by atoms with Gasteiger partial charge in [-0.25, -0.2) is 0 Å². The summed E-state index contributed by atoms with van der Waals surface area (Å²) in [4.78, 5) is 26.4. The van der Waals surface area contributed by atoms with Gasteiger partial charge < -0.3 is 4.90 Å². The van der Waals surface area contributed by atoms with Gasteiger partial charge in [0.2, 0.25) is 0 Å². The molecular weight excluding hydrogens is 392 g/mol. The van der Waals surface area contributed by atoms with E-state index in [1.54, 1.807) is 28.8 Å². The lowest BCUT2D eigenvalue weighted by atomic mass is 10.1. The average molecular weight is 407 g/mol. The molecule has 0 saturated heterocycles. The summed E-state index contributed by atoms with van der Waals surface area (Å²) >= 11 is 4.90. The molecule has 0 N–H and O–H groups in total. The first-order valence-electron chi connectivity index (χ1n) is 7.49. The summed E-state index contributed by atoms with van der Waals surface area (Å²) in [6.45, 7) is 2.73. The van der Waals surface area contributed by atoms with Crippen molar-refractivity contribution >= 4 is 45.0 Å². The Labute approximate surface area is 152 Å². The van der Waals surface area contributed by atoms with Crippen molar-refractivity contribution in [3.8, 4) is 0 Å². The quantitative estimate of drug-likeness (QED) is 0.525. The summed E-state index contributed by atoms with van der Waals surface area (Å²) in [5.74, 6) is -0.215. The van der Waals surface area contributed by atoms with Crippen molar-refractivity contribution in [2.24, 2.45) is 0 Å². The zero-order chi connectivity index (χ0) is 17.3. The average Bonchev–Trinajstić information content (AvgIpc) is 2.72. The molecule has 0 fully saturated rings. The van der Waals surface area contributed by atoms with Crippen LogP contribution in [0.5, 0.6) is 0 Å². The summed E-state index contributed by atoms with van der Waals surface area (Å²) < 4.78 is 0.365. The highest BCUT2D eigenvalue weighted by molar-refractivity contribution is 9.10. The first-order chi connectivity index (χ1) is 11.5. The summed E-state index contributed by atoms with van der Waals surface area (Å²) in [6, 6.07) is 12.3. The van der Waals surface area contributed by atoms with Gasteiger partial charge in [-0.1, -0.05) is 19.1 Å². The highest BCUT2D eigenvalue weighted by Crippen LogP contribution is 2.38. The van der Waals surface area contributed by atoms with Crippen molar-refractivity contribution in [3.63, 3.8) is 0 Å². The lowest BCUT2D eigenvalue weighted by Crippen LogP contribution is -2.32. The number of para-hydroxylation sites is 1. The predicted octanol–water partition coefficient (Wildman–Crippen LogP) is 4.89. The van der Waals surface area contributed by atoms with Crippen molar-refractivity contribution in [3.05, 3.63) is 62.6 Å². The fourth-order valence-corrected chi connectivity index (χ4v) is 4.14. The van der Waals surface area contributed by atoms with E-state index in [9.17, 15) is 14.9 Å². The Hall–Kier alpha value is -1.86. The molecule has 3 rings (SSSR count). The van der Waals surface area contributed by atoms with Gasteiger partial charge >= 0.3 is 0 Å². The fourth-order valence-electron chi connectivity index (χ4n) is 2.64. The molecule has 0 aliphatic carbocycles. The number of carbonyl (C=O) groups excluding carboxylic acids is 1. The molecule has 1 aliphatic rings. The van der Waals surface area contributed by atoms with Gasteiger partial charge in [-0.15, -0.1) is 11.8 Å². The topological polar surface area (TPSA) is 63.5 Å². The lowest BCUT2D eigenvalue weighted by molar-refractivity contribution is -0.385. The van der Waals surface area contributed by atoms with Crippen LogP contribution in [-0.2, 0) is 0 Å². The van der Waals surface area contributed by atoms with Crippen LogP contribution in [0.15, 0.2) is 51.8 Å². The number of rotatable bonds is 2. The number of carbonyl (C=O) groups is 1. The molecule has 24 heavy (non-hydrogen) atoms. The Balaban J connectivity index is 2.01. The fraction of sp³-hybridized carbons (Fsp3) is 0.235. The van der Waals surface area contributed by atoms with E-state index in [2.05, 4.69) is 22.9 Å². The van der Waals surface area contributed by atoms with Gasteiger partial charge in [0.25, 0.3) is 11.6 Å². The molecule has 7 heteroatoms. The third-order valence-corrected chi connectivity index (χ3v) is 5.79. The normalized spacial score (nSPS) is 17.1. The van der Waals surface area contributed by atoms with Crippen LogP contribution < -0.4 is 4.90 Å². The van der Waals surface area contributed by atoms with Gasteiger partial charge in [0, 0.05) is 28.3 Å². The van der Waals surface area contributed by atoms with Gasteiger partial charge in [0.05, 0.1) is 15.1 Å². The van der Waals surface area contributed by atoms with E-state index in [-0.39, 0.29) is 11.6 Å². The van der Waals surface area contributed by atoms with Crippen molar-refractivity contribution in [1.82, 2.24) is 0 Å². The van der Waals surface area contributed by atoms with Crippen LogP contribution in [0.1, 0.15) is 23.7 Å². The number of nitrogens with zero attached hydrogens (tertiary/aromatic N) is 2. The molecule has 1 aliphatic heterocycles. The molecule has 124 valence electrons. The molecule has 2 aromatic rings. The minimum atomic E-state index is -0.491. The van der Waals surface area contributed by atoms with E-state index < -0.39 is 4.92 Å². The van der Waals surface area contributed by atoms with Crippen LogP contribution in [0.3, 0.4) is 0 Å². The Morgan fingerprint density at radius 3 is 2.83 bits per heavy atom. The van der Waals surface area contributed by atoms with Gasteiger partial charge in [0.15, 0.2) is 0 Å². The molecule has 1 amide bonds. The van der Waals surface area contributed by atoms with E-state index >= 15 is 0 Å². The number of benzene rings is 2. The molecule has 1 heterocycles. The molecule has 0 radical (unpaired) electrons. The smallest absolute Gasteiger partial charge is 0.284 e. The summed E-state index contributed by atoms with van der Waals surface area (Å²) in [5.41, 5.74) is 1.08.